The van der Waals surface area contributed by atoms with Gasteiger partial charge in [-0.15, -0.1) is 0 Å². The molecule has 4 rings (SSSR count). The largest absolute Gasteiger partial charge is 0.366 e. The highest BCUT2D eigenvalue weighted by Crippen LogP contribution is 2.27. The first kappa shape index (κ1) is 15.8. The molecule has 0 amide bonds. The summed E-state index contributed by atoms with van der Waals surface area (Å²) < 4.78 is 0. The summed E-state index contributed by atoms with van der Waals surface area (Å²) in [5.74, 6) is 6.51. The number of aromatic nitrogens is 2. The first-order chi connectivity index (χ1) is 12.2. The second-order valence-electron chi connectivity index (χ2n) is 6.19. The molecule has 0 atom stereocenters. The van der Waals surface area contributed by atoms with Gasteiger partial charge in [0.2, 0.25) is 0 Å². The van der Waals surface area contributed by atoms with Crippen LogP contribution in [0.3, 0.4) is 0 Å². The third kappa shape index (κ3) is 3.26. The van der Waals surface area contributed by atoms with E-state index in [2.05, 4.69) is 45.8 Å². The number of halogens is 1. The van der Waals surface area contributed by atoms with Crippen LogP contribution in [0.15, 0.2) is 54.4 Å². The quantitative estimate of drug-likeness (QED) is 0.646. The zero-order valence-corrected chi connectivity index (χ0v) is 14.8. The highest BCUT2D eigenvalue weighted by atomic mass is 35.5. The lowest BCUT2D eigenvalue weighted by Gasteiger charge is -2.28. The Morgan fingerprint density at radius 2 is 2.00 bits per heavy atom. The molecule has 0 saturated carbocycles. The first-order valence-corrected chi connectivity index (χ1v) is 8.73. The predicted molar refractivity (Wildman–Crippen MR) is 104 cm³/mol. The number of benzene rings is 1. The number of aryl methyl sites for hydroxylation is 1. The van der Waals surface area contributed by atoms with E-state index in [-0.39, 0.29) is 0 Å². The fourth-order valence-corrected chi connectivity index (χ4v) is 3.26. The van der Waals surface area contributed by atoms with Crippen LogP contribution in [0.5, 0.6) is 0 Å². The number of aromatic amines is 1. The summed E-state index contributed by atoms with van der Waals surface area (Å²) in [7, 11) is 0. The van der Waals surface area contributed by atoms with Crippen LogP contribution in [-0.2, 0) is 0 Å². The Hall–Kier alpha value is -2.70. The molecular weight excluding hydrogens is 330 g/mol. The molecule has 0 radical (unpaired) electrons. The summed E-state index contributed by atoms with van der Waals surface area (Å²) in [6, 6.07) is 9.73. The molecule has 0 fully saturated rings. The summed E-state index contributed by atoms with van der Waals surface area (Å²) in [5, 5.41) is 1.93. The summed E-state index contributed by atoms with van der Waals surface area (Å²) in [6.45, 7) is 3.98. The fourth-order valence-electron chi connectivity index (χ4n) is 3.14. The average Bonchev–Trinajstić information content (AvgIpc) is 3.12. The summed E-state index contributed by atoms with van der Waals surface area (Å²) >= 11 is 5.90. The number of rotatable bonds is 1. The van der Waals surface area contributed by atoms with Gasteiger partial charge >= 0.3 is 0 Å². The zero-order chi connectivity index (χ0) is 17.2. The van der Waals surface area contributed by atoms with Gasteiger partial charge in [-0.3, -0.25) is 0 Å². The van der Waals surface area contributed by atoms with Crippen molar-refractivity contribution < 1.29 is 0 Å². The van der Waals surface area contributed by atoms with Gasteiger partial charge in [0.25, 0.3) is 0 Å². The van der Waals surface area contributed by atoms with Gasteiger partial charge in [-0.1, -0.05) is 29.5 Å². The molecule has 1 aliphatic heterocycles. The number of hydrogen-bond acceptors (Lipinski definition) is 2. The maximum atomic E-state index is 5.90. The average molecular weight is 348 g/mol. The highest BCUT2D eigenvalue weighted by Gasteiger charge is 2.15. The molecular formula is C21H18ClN3. The van der Waals surface area contributed by atoms with E-state index in [9.17, 15) is 0 Å². The predicted octanol–water partition coefficient (Wildman–Crippen LogP) is 4.71. The molecule has 124 valence electrons. The van der Waals surface area contributed by atoms with Crippen LogP contribution in [-0.4, -0.2) is 23.1 Å². The van der Waals surface area contributed by atoms with Gasteiger partial charge in [0, 0.05) is 40.8 Å². The summed E-state index contributed by atoms with van der Waals surface area (Å²) in [5.41, 5.74) is 5.61. The summed E-state index contributed by atoms with van der Waals surface area (Å²) in [4.78, 5) is 10.1. The molecule has 3 heterocycles. The van der Waals surface area contributed by atoms with Crippen LogP contribution in [0, 0.1) is 18.8 Å². The van der Waals surface area contributed by atoms with Crippen LogP contribution in [0.1, 0.15) is 17.5 Å². The lowest BCUT2D eigenvalue weighted by Crippen LogP contribution is -2.29. The normalized spacial score (nSPS) is 14.2. The third-order valence-electron chi connectivity index (χ3n) is 4.59. The Balaban J connectivity index is 1.51. The molecule has 0 spiro atoms. The lowest BCUT2D eigenvalue weighted by atomic mass is 10.1. The highest BCUT2D eigenvalue weighted by molar-refractivity contribution is 6.30. The number of anilines is 1. The molecule has 3 nitrogen and oxygen atoms in total. The monoisotopic (exact) mass is 347 g/mol. The minimum Gasteiger partial charge on any atom is -0.366 e. The van der Waals surface area contributed by atoms with Crippen molar-refractivity contribution in [3.8, 4) is 11.8 Å². The lowest BCUT2D eigenvalue weighted by molar-refractivity contribution is 0.800. The maximum absolute atomic E-state index is 5.90. The van der Waals surface area contributed by atoms with Crippen LogP contribution < -0.4 is 4.90 Å². The molecule has 4 heteroatoms. The van der Waals surface area contributed by atoms with Crippen LogP contribution >= 0.6 is 11.6 Å². The number of nitrogens with zero attached hydrogens (tertiary/aromatic N) is 2. The van der Waals surface area contributed by atoms with E-state index in [1.807, 2.05) is 36.7 Å². The Morgan fingerprint density at radius 1 is 1.16 bits per heavy atom. The van der Waals surface area contributed by atoms with Crippen molar-refractivity contribution in [2.75, 3.05) is 18.0 Å². The molecule has 0 unspecified atom stereocenters. The van der Waals surface area contributed by atoms with E-state index in [0.29, 0.717) is 0 Å². The number of fused-ring (bicyclic) bond motifs is 1. The van der Waals surface area contributed by atoms with Crippen LogP contribution in [0.2, 0.25) is 5.02 Å². The molecule has 3 aromatic rings. The minimum atomic E-state index is 0.737. The van der Waals surface area contributed by atoms with Gasteiger partial charge < -0.3 is 9.88 Å². The smallest absolute Gasteiger partial charge is 0.137 e. The van der Waals surface area contributed by atoms with Crippen molar-refractivity contribution in [1.29, 1.82) is 0 Å². The fraction of sp³-hybridized carbons (Fsp3) is 0.190. The van der Waals surface area contributed by atoms with Crippen molar-refractivity contribution >= 4 is 28.3 Å². The van der Waals surface area contributed by atoms with E-state index < -0.39 is 0 Å². The Labute approximate surface area is 152 Å². The van der Waals surface area contributed by atoms with Gasteiger partial charge in [-0.05, 0) is 49.2 Å². The second kappa shape index (κ2) is 6.66. The molecule has 25 heavy (non-hydrogen) atoms. The number of hydrogen-bond donors (Lipinski definition) is 1. The molecule has 0 bridgehead atoms. The molecule has 1 aliphatic rings. The Bertz CT molecular complexity index is 1000. The minimum absolute atomic E-state index is 0.737. The number of H-pyrrole nitrogens is 1. The van der Waals surface area contributed by atoms with Crippen LogP contribution in [0.4, 0.5) is 5.69 Å². The Kier molecular flexibility index (Phi) is 4.21. The van der Waals surface area contributed by atoms with Gasteiger partial charge in [0.05, 0.1) is 11.9 Å². The maximum Gasteiger partial charge on any atom is 0.137 e. The van der Waals surface area contributed by atoms with Crippen molar-refractivity contribution in [1.82, 2.24) is 9.97 Å². The molecule has 0 saturated heterocycles. The van der Waals surface area contributed by atoms with E-state index >= 15 is 0 Å². The van der Waals surface area contributed by atoms with Gasteiger partial charge in [0.1, 0.15) is 5.65 Å². The second-order valence-corrected chi connectivity index (χ2v) is 6.63. The Morgan fingerprint density at radius 3 is 2.76 bits per heavy atom. The number of pyridine rings is 1. The van der Waals surface area contributed by atoms with Crippen molar-refractivity contribution in [2.45, 2.75) is 13.3 Å². The topological polar surface area (TPSA) is 31.9 Å². The molecule has 1 N–H and O–H groups in total. The van der Waals surface area contributed by atoms with Crippen molar-refractivity contribution in [3.63, 3.8) is 0 Å². The van der Waals surface area contributed by atoms with Gasteiger partial charge in [-0.2, -0.15) is 0 Å². The SMILES string of the molecule is Cc1c(N2CC=C(C#Cc3ccc(Cl)cc3)CC2)cnc2[nH]ccc12. The van der Waals surface area contributed by atoms with E-state index in [1.54, 1.807) is 0 Å². The molecule has 2 aromatic heterocycles. The van der Waals surface area contributed by atoms with Crippen molar-refractivity contribution in [2.24, 2.45) is 0 Å². The number of nitrogens with one attached hydrogen (secondary N) is 1. The molecule has 0 aliphatic carbocycles. The molecule has 1 aromatic carbocycles. The standard InChI is InChI=1S/C21H18ClN3/c1-15-19-8-11-23-21(19)24-14-20(15)25-12-9-17(10-13-25)3-2-16-4-6-18(22)7-5-16/h4-9,11,14H,10,12-13H2,1H3,(H,23,24). The van der Waals surface area contributed by atoms with Gasteiger partial charge in [-0.25, -0.2) is 4.98 Å². The van der Waals surface area contributed by atoms with Crippen LogP contribution in [0.25, 0.3) is 11.0 Å². The third-order valence-corrected chi connectivity index (χ3v) is 4.84. The first-order valence-electron chi connectivity index (χ1n) is 8.35. The van der Waals surface area contributed by atoms with Crippen molar-refractivity contribution in [3.05, 3.63) is 70.5 Å². The zero-order valence-electron chi connectivity index (χ0n) is 14.0. The van der Waals surface area contributed by atoms with Gasteiger partial charge in [0.15, 0.2) is 0 Å². The van der Waals surface area contributed by atoms with E-state index in [0.717, 1.165) is 35.7 Å². The van der Waals surface area contributed by atoms with E-state index in [4.69, 9.17) is 11.6 Å². The van der Waals surface area contributed by atoms with E-state index in [1.165, 1.54) is 22.2 Å². The summed E-state index contributed by atoms with van der Waals surface area (Å²) in [6.07, 6.45) is 7.07.